The van der Waals surface area contributed by atoms with Crippen LogP contribution in [-0.2, 0) is 6.54 Å². The predicted molar refractivity (Wildman–Crippen MR) is 89.1 cm³/mol. The number of para-hydroxylation sites is 1. The molecule has 0 bridgehead atoms. The van der Waals surface area contributed by atoms with Crippen LogP contribution >= 0.6 is 0 Å². The maximum Gasteiger partial charge on any atom is 0.321 e. The van der Waals surface area contributed by atoms with Gasteiger partial charge in [-0.2, -0.15) is 5.10 Å². The van der Waals surface area contributed by atoms with E-state index in [1.807, 2.05) is 35.2 Å². The summed E-state index contributed by atoms with van der Waals surface area (Å²) in [5, 5.41) is 7.14. The lowest BCUT2D eigenvalue weighted by atomic mass is 9.99. The number of nitrogens with one attached hydrogen (secondary N) is 1. The van der Waals surface area contributed by atoms with Crippen molar-refractivity contribution >= 4 is 11.7 Å². The molecule has 1 aromatic heterocycles. The van der Waals surface area contributed by atoms with Crippen molar-refractivity contribution in [2.45, 2.75) is 19.4 Å². The Hall–Kier alpha value is -2.63. The lowest BCUT2D eigenvalue weighted by Gasteiger charge is -2.31. The van der Waals surface area contributed by atoms with Gasteiger partial charge in [0.25, 0.3) is 0 Å². The fraction of sp³-hybridized carbons (Fsp3) is 0.353. The van der Waals surface area contributed by atoms with Crippen LogP contribution in [0.15, 0.2) is 49.6 Å². The average molecular weight is 311 g/mol. The molecule has 1 aromatic carbocycles. The highest BCUT2D eigenvalue weighted by atomic mass is 16.2. The zero-order valence-electron chi connectivity index (χ0n) is 13.1. The van der Waals surface area contributed by atoms with E-state index in [4.69, 9.17) is 0 Å². The number of aromatic nitrogens is 3. The summed E-state index contributed by atoms with van der Waals surface area (Å²) >= 11 is 0. The first-order chi connectivity index (χ1) is 11.3. The number of likely N-dealkylation sites (tertiary alicyclic amines) is 1. The molecule has 2 aromatic rings. The monoisotopic (exact) mass is 311 g/mol. The van der Waals surface area contributed by atoms with Crippen molar-refractivity contribution in [3.63, 3.8) is 0 Å². The Kier molecular flexibility index (Phi) is 4.71. The number of amides is 2. The number of hydrogen-bond donors (Lipinski definition) is 1. The van der Waals surface area contributed by atoms with Crippen molar-refractivity contribution in [2.24, 2.45) is 5.92 Å². The molecule has 0 saturated carbocycles. The molecule has 120 valence electrons. The minimum absolute atomic E-state index is 0.0532. The molecule has 6 nitrogen and oxygen atoms in total. The van der Waals surface area contributed by atoms with Gasteiger partial charge in [-0.05, 0) is 30.4 Å². The number of benzene rings is 1. The van der Waals surface area contributed by atoms with Gasteiger partial charge in [-0.1, -0.05) is 24.3 Å². The van der Waals surface area contributed by atoms with Gasteiger partial charge in [0.05, 0.1) is 6.54 Å². The Morgan fingerprint density at radius 2 is 2.30 bits per heavy atom. The average Bonchev–Trinajstić information content (AvgIpc) is 3.09. The van der Waals surface area contributed by atoms with Crippen molar-refractivity contribution in [2.75, 3.05) is 18.4 Å². The summed E-state index contributed by atoms with van der Waals surface area (Å²) in [6.07, 6.45) is 7.24. The van der Waals surface area contributed by atoms with Gasteiger partial charge >= 0.3 is 6.03 Å². The summed E-state index contributed by atoms with van der Waals surface area (Å²) in [6, 6.07) is 7.72. The van der Waals surface area contributed by atoms with Crippen LogP contribution in [0.5, 0.6) is 0 Å². The first kappa shape index (κ1) is 15.3. The van der Waals surface area contributed by atoms with Crippen LogP contribution in [0.3, 0.4) is 0 Å². The van der Waals surface area contributed by atoms with Crippen LogP contribution in [0.4, 0.5) is 10.5 Å². The normalized spacial score (nSPS) is 17.7. The topological polar surface area (TPSA) is 63.1 Å². The van der Waals surface area contributed by atoms with Crippen LogP contribution in [0, 0.1) is 5.92 Å². The van der Waals surface area contributed by atoms with E-state index in [-0.39, 0.29) is 6.03 Å². The van der Waals surface area contributed by atoms with E-state index in [0.717, 1.165) is 37.2 Å². The zero-order valence-corrected chi connectivity index (χ0v) is 13.1. The van der Waals surface area contributed by atoms with Gasteiger partial charge in [0.1, 0.15) is 12.7 Å². The fourth-order valence-electron chi connectivity index (χ4n) is 2.85. The molecule has 0 aliphatic carbocycles. The summed E-state index contributed by atoms with van der Waals surface area (Å²) in [6.45, 7) is 5.95. The number of hydrogen-bond acceptors (Lipinski definition) is 3. The molecule has 23 heavy (non-hydrogen) atoms. The van der Waals surface area contributed by atoms with Crippen LogP contribution < -0.4 is 5.32 Å². The van der Waals surface area contributed by atoms with Crippen molar-refractivity contribution in [1.82, 2.24) is 19.7 Å². The molecule has 2 amide bonds. The van der Waals surface area contributed by atoms with Gasteiger partial charge in [0.2, 0.25) is 0 Å². The quantitative estimate of drug-likeness (QED) is 0.883. The van der Waals surface area contributed by atoms with Crippen LogP contribution in [0.25, 0.3) is 0 Å². The summed E-state index contributed by atoms with van der Waals surface area (Å²) in [5.41, 5.74) is 1.82. The molecule has 1 aliphatic heterocycles. The highest BCUT2D eigenvalue weighted by Gasteiger charge is 2.22. The molecule has 0 spiro atoms. The fourth-order valence-corrected chi connectivity index (χ4v) is 2.85. The Labute approximate surface area is 135 Å². The molecule has 0 radical (unpaired) electrons. The number of urea groups is 1. The lowest BCUT2D eigenvalue weighted by Crippen LogP contribution is -2.42. The van der Waals surface area contributed by atoms with E-state index >= 15 is 0 Å². The third kappa shape index (κ3) is 3.77. The number of piperidine rings is 1. The molecule has 2 heterocycles. The zero-order chi connectivity index (χ0) is 16.1. The summed E-state index contributed by atoms with van der Waals surface area (Å²) in [4.78, 5) is 18.3. The molecule has 1 aliphatic rings. The van der Waals surface area contributed by atoms with Crippen molar-refractivity contribution in [1.29, 1.82) is 0 Å². The number of carbonyl (C=O) groups is 1. The third-order valence-electron chi connectivity index (χ3n) is 4.14. The first-order valence-electron chi connectivity index (χ1n) is 7.85. The first-order valence-corrected chi connectivity index (χ1v) is 7.85. The Balaban J connectivity index is 1.69. The minimum atomic E-state index is -0.0532. The van der Waals surface area contributed by atoms with E-state index < -0.39 is 0 Å². The smallest absolute Gasteiger partial charge is 0.321 e. The summed E-state index contributed by atoms with van der Waals surface area (Å²) in [5.74, 6) is 0.389. The van der Waals surface area contributed by atoms with Crippen molar-refractivity contribution in [3.05, 3.63) is 55.1 Å². The largest absolute Gasteiger partial charge is 0.324 e. The van der Waals surface area contributed by atoms with Crippen molar-refractivity contribution < 1.29 is 4.79 Å². The standard InChI is InChI=1S/C17H21N5O/c1-2-14-6-5-9-21(10-14)17(23)20-16-8-4-3-7-15(16)11-22-13-18-12-19-22/h2-4,7-8,12-14H,1,5-6,9-11H2,(H,20,23). The second-order valence-electron chi connectivity index (χ2n) is 5.76. The predicted octanol–water partition coefficient (Wildman–Crippen LogP) is 2.76. The van der Waals surface area contributed by atoms with Crippen LogP contribution in [-0.4, -0.2) is 38.8 Å². The molecular weight excluding hydrogens is 290 g/mol. The molecular formula is C17H21N5O. The summed E-state index contributed by atoms with van der Waals surface area (Å²) < 4.78 is 1.74. The Morgan fingerprint density at radius 1 is 1.43 bits per heavy atom. The molecule has 6 heteroatoms. The van der Waals surface area contributed by atoms with Gasteiger partial charge in [0, 0.05) is 18.8 Å². The van der Waals surface area contributed by atoms with Gasteiger partial charge in [-0.3, -0.25) is 0 Å². The molecule has 1 unspecified atom stereocenters. The minimum Gasteiger partial charge on any atom is -0.324 e. The Morgan fingerprint density at radius 3 is 3.09 bits per heavy atom. The van der Waals surface area contributed by atoms with Gasteiger partial charge < -0.3 is 10.2 Å². The third-order valence-corrected chi connectivity index (χ3v) is 4.14. The molecule has 1 N–H and O–H groups in total. The lowest BCUT2D eigenvalue weighted by molar-refractivity contribution is 0.188. The Bertz CT molecular complexity index is 667. The number of nitrogens with zero attached hydrogens (tertiary/aromatic N) is 4. The second-order valence-corrected chi connectivity index (χ2v) is 5.76. The van der Waals surface area contributed by atoms with Crippen LogP contribution in [0.2, 0.25) is 0 Å². The summed E-state index contributed by atoms with van der Waals surface area (Å²) in [7, 11) is 0. The van der Waals surface area contributed by atoms with Gasteiger partial charge in [0.15, 0.2) is 0 Å². The van der Waals surface area contributed by atoms with Gasteiger partial charge in [-0.15, -0.1) is 6.58 Å². The van der Waals surface area contributed by atoms with E-state index in [1.54, 1.807) is 11.0 Å². The van der Waals surface area contributed by atoms with E-state index in [1.165, 1.54) is 6.33 Å². The van der Waals surface area contributed by atoms with E-state index in [0.29, 0.717) is 12.5 Å². The second kappa shape index (κ2) is 7.09. The van der Waals surface area contributed by atoms with Crippen LogP contribution in [0.1, 0.15) is 18.4 Å². The molecule has 1 atom stereocenters. The maximum absolute atomic E-state index is 12.5. The number of carbonyl (C=O) groups excluding carboxylic acids is 1. The molecule has 3 rings (SSSR count). The van der Waals surface area contributed by atoms with E-state index in [9.17, 15) is 4.79 Å². The highest BCUT2D eigenvalue weighted by molar-refractivity contribution is 5.90. The SMILES string of the molecule is C=CC1CCCN(C(=O)Nc2ccccc2Cn2cncn2)C1. The number of rotatable bonds is 4. The maximum atomic E-state index is 12.5. The van der Waals surface area contributed by atoms with Gasteiger partial charge in [-0.25, -0.2) is 14.5 Å². The highest BCUT2D eigenvalue weighted by Crippen LogP contribution is 2.20. The molecule has 1 fully saturated rings. The van der Waals surface area contributed by atoms with E-state index in [2.05, 4.69) is 22.0 Å². The number of anilines is 1. The van der Waals surface area contributed by atoms with Crippen molar-refractivity contribution in [3.8, 4) is 0 Å². The molecule has 1 saturated heterocycles.